The SMILES string of the molecule is CNCCCC1OCc2cc(C#N)ccc21. The number of fused-ring (bicyclic) bond motifs is 1. The number of nitrogens with one attached hydrogen (secondary N) is 1. The molecule has 1 unspecified atom stereocenters. The van der Waals surface area contributed by atoms with Crippen molar-refractivity contribution in [2.75, 3.05) is 13.6 Å². The lowest BCUT2D eigenvalue weighted by molar-refractivity contribution is 0.0588. The summed E-state index contributed by atoms with van der Waals surface area (Å²) in [5.74, 6) is 0. The van der Waals surface area contributed by atoms with Crippen molar-refractivity contribution in [1.29, 1.82) is 5.26 Å². The summed E-state index contributed by atoms with van der Waals surface area (Å²) in [7, 11) is 1.96. The standard InChI is InChI=1S/C13H16N2O/c1-15-6-2-3-13-12-5-4-10(8-14)7-11(12)9-16-13/h4-5,7,13,15H,2-3,6,9H2,1H3. The molecule has 84 valence electrons. The number of ether oxygens (including phenoxy) is 1. The van der Waals surface area contributed by atoms with Crippen LogP contribution in [-0.2, 0) is 11.3 Å². The molecule has 0 aromatic heterocycles. The predicted molar refractivity (Wildman–Crippen MR) is 61.8 cm³/mol. The van der Waals surface area contributed by atoms with E-state index in [1.54, 1.807) is 0 Å². The summed E-state index contributed by atoms with van der Waals surface area (Å²) in [6.07, 6.45) is 2.37. The number of nitrogens with zero attached hydrogens (tertiary/aromatic N) is 1. The van der Waals surface area contributed by atoms with Crippen molar-refractivity contribution in [3.05, 3.63) is 34.9 Å². The first kappa shape index (κ1) is 11.1. The smallest absolute Gasteiger partial charge is 0.0991 e. The van der Waals surface area contributed by atoms with Crippen molar-refractivity contribution >= 4 is 0 Å². The maximum absolute atomic E-state index is 8.81. The van der Waals surface area contributed by atoms with Gasteiger partial charge < -0.3 is 10.1 Å². The normalized spacial score (nSPS) is 18.1. The summed E-state index contributed by atoms with van der Waals surface area (Å²) >= 11 is 0. The van der Waals surface area contributed by atoms with Gasteiger partial charge in [-0.25, -0.2) is 0 Å². The van der Waals surface area contributed by atoms with Crippen LogP contribution >= 0.6 is 0 Å². The average Bonchev–Trinajstić information content (AvgIpc) is 2.72. The number of hydrogen-bond acceptors (Lipinski definition) is 3. The second-order valence-electron chi connectivity index (χ2n) is 4.07. The molecule has 0 radical (unpaired) electrons. The van der Waals surface area contributed by atoms with E-state index in [0.29, 0.717) is 6.61 Å². The molecule has 3 heteroatoms. The van der Waals surface area contributed by atoms with Crippen LogP contribution in [0.25, 0.3) is 0 Å². The molecule has 1 aliphatic heterocycles. The van der Waals surface area contributed by atoms with Gasteiger partial charge in [0, 0.05) is 0 Å². The van der Waals surface area contributed by atoms with Crippen LogP contribution in [0.4, 0.5) is 0 Å². The third-order valence-corrected chi connectivity index (χ3v) is 2.95. The van der Waals surface area contributed by atoms with Crippen molar-refractivity contribution in [2.24, 2.45) is 0 Å². The Labute approximate surface area is 96.0 Å². The Morgan fingerprint density at radius 2 is 2.44 bits per heavy atom. The van der Waals surface area contributed by atoms with Crippen LogP contribution in [0.5, 0.6) is 0 Å². The Morgan fingerprint density at radius 3 is 3.19 bits per heavy atom. The van der Waals surface area contributed by atoms with Crippen LogP contribution in [0.15, 0.2) is 18.2 Å². The summed E-state index contributed by atoms with van der Waals surface area (Å²) in [6, 6.07) is 8.00. The van der Waals surface area contributed by atoms with Crippen molar-refractivity contribution in [3.63, 3.8) is 0 Å². The van der Waals surface area contributed by atoms with E-state index in [9.17, 15) is 0 Å². The zero-order chi connectivity index (χ0) is 11.4. The molecule has 0 saturated carbocycles. The summed E-state index contributed by atoms with van der Waals surface area (Å²) in [5.41, 5.74) is 3.15. The van der Waals surface area contributed by atoms with Crippen LogP contribution in [0.2, 0.25) is 0 Å². The fourth-order valence-electron chi connectivity index (χ4n) is 2.10. The topological polar surface area (TPSA) is 45.0 Å². The highest BCUT2D eigenvalue weighted by Gasteiger charge is 2.22. The fourth-order valence-corrected chi connectivity index (χ4v) is 2.10. The van der Waals surface area contributed by atoms with Gasteiger partial charge >= 0.3 is 0 Å². The van der Waals surface area contributed by atoms with Crippen LogP contribution in [0, 0.1) is 11.3 Å². The van der Waals surface area contributed by atoms with E-state index in [1.165, 1.54) is 11.1 Å². The van der Waals surface area contributed by atoms with Gasteiger partial charge in [-0.3, -0.25) is 0 Å². The molecule has 3 nitrogen and oxygen atoms in total. The molecule has 2 rings (SSSR count). The third kappa shape index (κ3) is 2.24. The fraction of sp³-hybridized carbons (Fsp3) is 0.462. The Hall–Kier alpha value is -1.37. The molecule has 1 aromatic carbocycles. The molecule has 0 amide bonds. The maximum atomic E-state index is 8.81. The molecule has 0 bridgehead atoms. The Kier molecular flexibility index (Phi) is 3.55. The highest BCUT2D eigenvalue weighted by atomic mass is 16.5. The van der Waals surface area contributed by atoms with Crippen LogP contribution < -0.4 is 5.32 Å². The minimum Gasteiger partial charge on any atom is -0.369 e. The number of nitriles is 1. The van der Waals surface area contributed by atoms with Crippen molar-refractivity contribution in [3.8, 4) is 6.07 Å². The van der Waals surface area contributed by atoms with Crippen LogP contribution in [-0.4, -0.2) is 13.6 Å². The molecule has 0 fully saturated rings. The quantitative estimate of drug-likeness (QED) is 0.784. The molecule has 16 heavy (non-hydrogen) atoms. The molecule has 1 N–H and O–H groups in total. The lowest BCUT2D eigenvalue weighted by Gasteiger charge is -2.10. The van der Waals surface area contributed by atoms with Gasteiger partial charge in [0.05, 0.1) is 24.3 Å². The minimum absolute atomic E-state index is 0.219. The molecule has 1 atom stereocenters. The second-order valence-corrected chi connectivity index (χ2v) is 4.07. The first-order chi connectivity index (χ1) is 7.85. The van der Waals surface area contributed by atoms with Gasteiger partial charge in [-0.1, -0.05) is 6.07 Å². The van der Waals surface area contributed by atoms with Crippen LogP contribution in [0.3, 0.4) is 0 Å². The van der Waals surface area contributed by atoms with E-state index in [1.807, 2.05) is 25.2 Å². The van der Waals surface area contributed by atoms with Crippen LogP contribution in [0.1, 0.15) is 35.6 Å². The van der Waals surface area contributed by atoms with E-state index in [-0.39, 0.29) is 6.10 Å². The van der Waals surface area contributed by atoms with Gasteiger partial charge in [-0.2, -0.15) is 5.26 Å². The molecule has 1 heterocycles. The summed E-state index contributed by atoms with van der Waals surface area (Å²) < 4.78 is 5.73. The van der Waals surface area contributed by atoms with Crippen molar-refractivity contribution < 1.29 is 4.74 Å². The zero-order valence-electron chi connectivity index (χ0n) is 9.49. The van der Waals surface area contributed by atoms with E-state index in [4.69, 9.17) is 10.00 Å². The van der Waals surface area contributed by atoms with E-state index in [0.717, 1.165) is 24.9 Å². The first-order valence-corrected chi connectivity index (χ1v) is 5.64. The van der Waals surface area contributed by atoms with Crippen molar-refractivity contribution in [1.82, 2.24) is 5.32 Å². The summed E-state index contributed by atoms with van der Waals surface area (Å²) in [6.45, 7) is 1.67. The minimum atomic E-state index is 0.219. The molecule has 0 saturated heterocycles. The molecule has 0 spiro atoms. The monoisotopic (exact) mass is 216 g/mol. The first-order valence-electron chi connectivity index (χ1n) is 5.64. The number of hydrogen-bond donors (Lipinski definition) is 1. The van der Waals surface area contributed by atoms with E-state index >= 15 is 0 Å². The summed E-state index contributed by atoms with van der Waals surface area (Å²) in [4.78, 5) is 0. The third-order valence-electron chi connectivity index (χ3n) is 2.95. The number of rotatable bonds is 4. The van der Waals surface area contributed by atoms with Gasteiger partial charge in [0.2, 0.25) is 0 Å². The summed E-state index contributed by atoms with van der Waals surface area (Å²) in [5, 5.41) is 11.9. The molecule has 1 aromatic rings. The van der Waals surface area contributed by atoms with Gasteiger partial charge in [0.25, 0.3) is 0 Å². The van der Waals surface area contributed by atoms with Gasteiger partial charge in [-0.05, 0) is 49.7 Å². The Morgan fingerprint density at radius 1 is 1.56 bits per heavy atom. The Bertz CT molecular complexity index is 409. The molecule has 0 aliphatic carbocycles. The lowest BCUT2D eigenvalue weighted by atomic mass is 10.00. The maximum Gasteiger partial charge on any atom is 0.0991 e. The zero-order valence-corrected chi connectivity index (χ0v) is 9.49. The largest absolute Gasteiger partial charge is 0.369 e. The lowest BCUT2D eigenvalue weighted by Crippen LogP contribution is -2.09. The predicted octanol–water partition coefficient (Wildman–Crippen LogP) is 2.13. The van der Waals surface area contributed by atoms with E-state index in [2.05, 4.69) is 11.4 Å². The Balaban J connectivity index is 2.06. The highest BCUT2D eigenvalue weighted by molar-refractivity contribution is 5.40. The van der Waals surface area contributed by atoms with Gasteiger partial charge in [0.1, 0.15) is 0 Å². The average molecular weight is 216 g/mol. The molecular weight excluding hydrogens is 200 g/mol. The van der Waals surface area contributed by atoms with E-state index < -0.39 is 0 Å². The number of benzene rings is 1. The molecular formula is C13H16N2O. The molecule has 1 aliphatic rings. The van der Waals surface area contributed by atoms with Gasteiger partial charge in [0.15, 0.2) is 0 Å². The second kappa shape index (κ2) is 5.11. The highest BCUT2D eigenvalue weighted by Crippen LogP contribution is 2.34. The van der Waals surface area contributed by atoms with Gasteiger partial charge in [-0.15, -0.1) is 0 Å². The van der Waals surface area contributed by atoms with Crippen molar-refractivity contribution in [2.45, 2.75) is 25.6 Å².